The Morgan fingerprint density at radius 2 is 2.04 bits per heavy atom. The highest BCUT2D eigenvalue weighted by atomic mass is 16.4. The van der Waals surface area contributed by atoms with Crippen molar-refractivity contribution in [2.45, 2.75) is 45.6 Å². The van der Waals surface area contributed by atoms with Gasteiger partial charge in [-0.3, -0.25) is 4.79 Å². The monoisotopic (exact) mass is 355 g/mol. The Labute approximate surface area is 153 Å². The van der Waals surface area contributed by atoms with Crippen molar-refractivity contribution in [2.75, 3.05) is 6.54 Å². The van der Waals surface area contributed by atoms with Crippen molar-refractivity contribution < 1.29 is 14.7 Å². The number of nitrogens with one attached hydrogen (secondary N) is 1. The van der Waals surface area contributed by atoms with Crippen molar-refractivity contribution in [1.29, 1.82) is 0 Å². The molecular formula is C20H25N3O3. The average Bonchev–Trinajstić information content (AvgIpc) is 3.17. The molecule has 1 aliphatic heterocycles. The first kappa shape index (κ1) is 18.2. The van der Waals surface area contributed by atoms with E-state index in [-0.39, 0.29) is 23.4 Å². The van der Waals surface area contributed by atoms with Gasteiger partial charge in [0.2, 0.25) is 5.91 Å². The van der Waals surface area contributed by atoms with Crippen molar-refractivity contribution >= 4 is 11.9 Å². The molecule has 2 atom stereocenters. The van der Waals surface area contributed by atoms with Gasteiger partial charge in [0.1, 0.15) is 5.82 Å². The number of benzene rings is 1. The van der Waals surface area contributed by atoms with E-state index in [1.807, 2.05) is 18.7 Å². The number of H-pyrrole nitrogens is 1. The van der Waals surface area contributed by atoms with Crippen LogP contribution in [0, 0.1) is 5.92 Å². The summed E-state index contributed by atoms with van der Waals surface area (Å²) in [5, 5.41) is 9.01. The number of hydrogen-bond donors (Lipinski definition) is 2. The Morgan fingerprint density at radius 1 is 1.31 bits per heavy atom. The number of amides is 1. The predicted molar refractivity (Wildman–Crippen MR) is 98.7 cm³/mol. The molecule has 0 spiro atoms. The lowest BCUT2D eigenvalue weighted by Gasteiger charge is -2.36. The maximum absolute atomic E-state index is 12.7. The van der Waals surface area contributed by atoms with Crippen LogP contribution in [0.1, 0.15) is 61.8 Å². The van der Waals surface area contributed by atoms with Crippen molar-refractivity contribution in [1.82, 2.24) is 14.9 Å². The SMILES string of the molecule is CCC(C)C(=O)N1CCCCC1c1ncc(-c2ccc(C(=O)O)cc2)[nH]1. The molecule has 1 aromatic carbocycles. The Kier molecular flexibility index (Phi) is 5.40. The summed E-state index contributed by atoms with van der Waals surface area (Å²) in [5.41, 5.74) is 1.97. The lowest BCUT2D eigenvalue weighted by Crippen LogP contribution is -2.41. The molecule has 2 unspecified atom stereocenters. The van der Waals surface area contributed by atoms with Crippen LogP contribution in [-0.2, 0) is 4.79 Å². The zero-order chi connectivity index (χ0) is 18.7. The second-order valence-electron chi connectivity index (χ2n) is 6.92. The third-order valence-electron chi connectivity index (χ3n) is 5.17. The summed E-state index contributed by atoms with van der Waals surface area (Å²) in [5.74, 6) is 0.0801. The molecule has 1 aliphatic rings. The molecule has 1 amide bonds. The van der Waals surface area contributed by atoms with Crippen LogP contribution in [0.25, 0.3) is 11.3 Å². The fourth-order valence-corrected chi connectivity index (χ4v) is 3.38. The summed E-state index contributed by atoms with van der Waals surface area (Å²) in [6.45, 7) is 4.79. The normalized spacial score (nSPS) is 18.5. The van der Waals surface area contributed by atoms with Crippen LogP contribution in [0.2, 0.25) is 0 Å². The van der Waals surface area contributed by atoms with Gasteiger partial charge in [0.15, 0.2) is 0 Å². The standard InChI is InChI=1S/C20H25N3O3/c1-3-13(2)19(24)23-11-5-4-6-17(23)18-21-12-16(22-18)14-7-9-15(10-8-14)20(25)26/h7-10,12-13,17H,3-6,11H2,1-2H3,(H,21,22)(H,25,26). The fourth-order valence-electron chi connectivity index (χ4n) is 3.38. The molecule has 0 radical (unpaired) electrons. The molecule has 0 bridgehead atoms. The second-order valence-corrected chi connectivity index (χ2v) is 6.92. The largest absolute Gasteiger partial charge is 0.478 e. The van der Waals surface area contributed by atoms with Gasteiger partial charge in [-0.25, -0.2) is 9.78 Å². The minimum atomic E-state index is -0.941. The Morgan fingerprint density at radius 3 is 2.69 bits per heavy atom. The molecule has 138 valence electrons. The molecule has 2 aromatic rings. The van der Waals surface area contributed by atoms with Crippen LogP contribution in [0.15, 0.2) is 30.5 Å². The molecule has 1 aromatic heterocycles. The highest BCUT2D eigenvalue weighted by molar-refractivity contribution is 5.88. The number of imidazole rings is 1. The molecule has 2 heterocycles. The third-order valence-corrected chi connectivity index (χ3v) is 5.17. The summed E-state index contributed by atoms with van der Waals surface area (Å²) in [6.07, 6.45) is 5.61. The van der Waals surface area contributed by atoms with E-state index in [0.717, 1.165) is 49.3 Å². The maximum Gasteiger partial charge on any atom is 0.335 e. The highest BCUT2D eigenvalue weighted by Gasteiger charge is 2.31. The van der Waals surface area contributed by atoms with Gasteiger partial charge in [-0.05, 0) is 43.4 Å². The maximum atomic E-state index is 12.7. The summed E-state index contributed by atoms with van der Waals surface area (Å²) in [7, 11) is 0. The molecule has 2 N–H and O–H groups in total. The number of carboxylic acids is 1. The van der Waals surface area contributed by atoms with Crippen LogP contribution >= 0.6 is 0 Å². The molecule has 0 saturated carbocycles. The molecule has 0 aliphatic carbocycles. The first-order chi connectivity index (χ1) is 12.5. The lowest BCUT2D eigenvalue weighted by atomic mass is 9.98. The quantitative estimate of drug-likeness (QED) is 0.852. The van der Waals surface area contributed by atoms with Crippen LogP contribution in [0.3, 0.4) is 0 Å². The first-order valence-electron chi connectivity index (χ1n) is 9.20. The van der Waals surface area contributed by atoms with E-state index in [9.17, 15) is 9.59 Å². The van der Waals surface area contributed by atoms with E-state index in [1.54, 1.807) is 30.5 Å². The second kappa shape index (κ2) is 7.72. The van der Waals surface area contributed by atoms with E-state index in [1.165, 1.54) is 0 Å². The fraction of sp³-hybridized carbons (Fsp3) is 0.450. The number of carbonyl (C=O) groups is 2. The Balaban J connectivity index is 1.83. The number of piperidine rings is 1. The van der Waals surface area contributed by atoms with E-state index in [0.29, 0.717) is 0 Å². The number of rotatable bonds is 5. The van der Waals surface area contributed by atoms with Gasteiger partial charge in [-0.2, -0.15) is 0 Å². The number of hydrogen-bond acceptors (Lipinski definition) is 3. The van der Waals surface area contributed by atoms with E-state index in [2.05, 4.69) is 9.97 Å². The van der Waals surface area contributed by atoms with Gasteiger partial charge < -0.3 is 15.0 Å². The van der Waals surface area contributed by atoms with Gasteiger partial charge in [-0.1, -0.05) is 26.0 Å². The van der Waals surface area contributed by atoms with Crippen LogP contribution in [0.4, 0.5) is 0 Å². The van der Waals surface area contributed by atoms with E-state index >= 15 is 0 Å². The van der Waals surface area contributed by atoms with Crippen LogP contribution in [-0.4, -0.2) is 38.4 Å². The minimum absolute atomic E-state index is 0.0164. The Bertz CT molecular complexity index is 782. The summed E-state index contributed by atoms with van der Waals surface area (Å²) in [4.78, 5) is 33.5. The zero-order valence-electron chi connectivity index (χ0n) is 15.2. The third kappa shape index (κ3) is 3.64. The van der Waals surface area contributed by atoms with Crippen molar-refractivity contribution in [3.8, 4) is 11.3 Å². The highest BCUT2D eigenvalue weighted by Crippen LogP contribution is 2.32. The van der Waals surface area contributed by atoms with Gasteiger partial charge in [-0.15, -0.1) is 0 Å². The number of aromatic nitrogens is 2. The summed E-state index contributed by atoms with van der Waals surface area (Å²) in [6, 6.07) is 6.68. The number of aromatic carboxylic acids is 1. The number of aromatic amines is 1. The van der Waals surface area contributed by atoms with Gasteiger partial charge in [0.25, 0.3) is 0 Å². The first-order valence-corrected chi connectivity index (χ1v) is 9.20. The lowest BCUT2D eigenvalue weighted by molar-refractivity contribution is -0.139. The van der Waals surface area contributed by atoms with Crippen LogP contribution < -0.4 is 0 Å². The molecule has 6 nitrogen and oxygen atoms in total. The molecular weight excluding hydrogens is 330 g/mol. The molecule has 3 rings (SSSR count). The Hall–Kier alpha value is -2.63. The predicted octanol–water partition coefficient (Wildman–Crippen LogP) is 3.87. The molecule has 1 fully saturated rings. The number of carboxylic acid groups (broad SMARTS) is 1. The molecule has 1 saturated heterocycles. The van der Waals surface area contributed by atoms with Crippen LogP contribution in [0.5, 0.6) is 0 Å². The zero-order valence-corrected chi connectivity index (χ0v) is 15.2. The van der Waals surface area contributed by atoms with Gasteiger partial charge >= 0.3 is 5.97 Å². The summed E-state index contributed by atoms with van der Waals surface area (Å²) >= 11 is 0. The number of nitrogens with zero attached hydrogens (tertiary/aromatic N) is 2. The van der Waals surface area contributed by atoms with Gasteiger partial charge in [0, 0.05) is 12.5 Å². The van der Waals surface area contributed by atoms with Crippen molar-refractivity contribution in [3.05, 3.63) is 41.9 Å². The molecule has 26 heavy (non-hydrogen) atoms. The number of carbonyl (C=O) groups excluding carboxylic acids is 1. The summed E-state index contributed by atoms with van der Waals surface area (Å²) < 4.78 is 0. The van der Waals surface area contributed by atoms with E-state index in [4.69, 9.17) is 5.11 Å². The average molecular weight is 355 g/mol. The van der Waals surface area contributed by atoms with Crippen molar-refractivity contribution in [3.63, 3.8) is 0 Å². The van der Waals surface area contributed by atoms with Crippen molar-refractivity contribution in [2.24, 2.45) is 5.92 Å². The topological polar surface area (TPSA) is 86.3 Å². The minimum Gasteiger partial charge on any atom is -0.478 e. The number of likely N-dealkylation sites (tertiary alicyclic amines) is 1. The van der Waals surface area contributed by atoms with E-state index < -0.39 is 5.97 Å². The van der Waals surface area contributed by atoms with Gasteiger partial charge in [0.05, 0.1) is 23.5 Å². The molecule has 6 heteroatoms. The smallest absolute Gasteiger partial charge is 0.335 e.